The zero-order chi connectivity index (χ0) is 14.3. The summed E-state index contributed by atoms with van der Waals surface area (Å²) in [4.78, 5) is 11.9. The summed E-state index contributed by atoms with van der Waals surface area (Å²) in [5.74, 6) is 0.0205. The lowest BCUT2D eigenvalue weighted by atomic mass is 10.0. The second-order valence-electron chi connectivity index (χ2n) is 4.77. The van der Waals surface area contributed by atoms with Crippen LogP contribution in [0.25, 0.3) is 0 Å². The molecule has 19 heavy (non-hydrogen) atoms. The average molecular weight is 283 g/mol. The fraction of sp³-hybridized carbons (Fsp3) is 0.533. The topological polar surface area (TPSA) is 41.1 Å². The molecule has 3 nitrogen and oxygen atoms in total. The fourth-order valence-corrected chi connectivity index (χ4v) is 2.00. The van der Waals surface area contributed by atoms with Crippen LogP contribution in [0, 0.1) is 0 Å². The SMILES string of the molecule is CCC(C)NCC(=O)NC(CC)c1cccc(Cl)c1. The summed E-state index contributed by atoms with van der Waals surface area (Å²) in [5.41, 5.74) is 1.05. The summed E-state index contributed by atoms with van der Waals surface area (Å²) in [6, 6.07) is 8.01. The predicted octanol–water partition coefficient (Wildman–Crippen LogP) is 3.30. The minimum atomic E-state index is 0.0185. The highest BCUT2D eigenvalue weighted by Crippen LogP contribution is 2.20. The van der Waals surface area contributed by atoms with E-state index in [0.717, 1.165) is 18.4 Å². The molecular formula is C15H23ClN2O. The Balaban J connectivity index is 2.55. The minimum Gasteiger partial charge on any atom is -0.348 e. The van der Waals surface area contributed by atoms with Gasteiger partial charge in [-0.25, -0.2) is 0 Å². The van der Waals surface area contributed by atoms with Gasteiger partial charge in [-0.1, -0.05) is 37.6 Å². The van der Waals surface area contributed by atoms with E-state index in [4.69, 9.17) is 11.6 Å². The summed E-state index contributed by atoms with van der Waals surface area (Å²) >= 11 is 5.98. The van der Waals surface area contributed by atoms with Crippen LogP contribution in [0.1, 0.15) is 45.2 Å². The Morgan fingerprint density at radius 2 is 2.05 bits per heavy atom. The number of nitrogens with one attached hydrogen (secondary N) is 2. The van der Waals surface area contributed by atoms with Crippen LogP contribution >= 0.6 is 11.6 Å². The van der Waals surface area contributed by atoms with Crippen molar-refractivity contribution in [1.29, 1.82) is 0 Å². The fourth-order valence-electron chi connectivity index (χ4n) is 1.80. The molecule has 0 radical (unpaired) electrons. The Hall–Kier alpha value is -1.06. The molecule has 4 heteroatoms. The van der Waals surface area contributed by atoms with Crippen molar-refractivity contribution in [3.8, 4) is 0 Å². The van der Waals surface area contributed by atoms with Crippen molar-refractivity contribution in [2.24, 2.45) is 0 Å². The van der Waals surface area contributed by atoms with Crippen molar-refractivity contribution < 1.29 is 4.79 Å². The highest BCUT2D eigenvalue weighted by atomic mass is 35.5. The molecule has 0 aromatic heterocycles. The van der Waals surface area contributed by atoms with Gasteiger partial charge < -0.3 is 10.6 Å². The van der Waals surface area contributed by atoms with E-state index in [2.05, 4.69) is 24.5 Å². The first-order valence-corrected chi connectivity index (χ1v) is 7.22. The van der Waals surface area contributed by atoms with E-state index in [1.807, 2.05) is 31.2 Å². The van der Waals surface area contributed by atoms with Gasteiger partial charge in [-0.3, -0.25) is 4.79 Å². The molecule has 1 aromatic rings. The Morgan fingerprint density at radius 1 is 1.32 bits per heavy atom. The van der Waals surface area contributed by atoms with Crippen LogP contribution in [0.4, 0.5) is 0 Å². The van der Waals surface area contributed by atoms with E-state index in [1.54, 1.807) is 0 Å². The number of hydrogen-bond donors (Lipinski definition) is 2. The van der Waals surface area contributed by atoms with Crippen LogP contribution in [0.3, 0.4) is 0 Å². The van der Waals surface area contributed by atoms with Crippen LogP contribution in [0.2, 0.25) is 5.02 Å². The zero-order valence-electron chi connectivity index (χ0n) is 11.9. The van der Waals surface area contributed by atoms with Gasteiger partial charge in [0.25, 0.3) is 0 Å². The summed E-state index contributed by atoms with van der Waals surface area (Å²) in [6.07, 6.45) is 1.86. The molecule has 0 aliphatic rings. The third-order valence-electron chi connectivity index (χ3n) is 3.22. The molecule has 106 valence electrons. The average Bonchev–Trinajstić information content (AvgIpc) is 2.42. The normalized spacial score (nSPS) is 13.9. The summed E-state index contributed by atoms with van der Waals surface area (Å²) < 4.78 is 0. The highest BCUT2D eigenvalue weighted by molar-refractivity contribution is 6.30. The lowest BCUT2D eigenvalue weighted by Crippen LogP contribution is -2.39. The predicted molar refractivity (Wildman–Crippen MR) is 80.4 cm³/mol. The first kappa shape index (κ1) is 16.0. The number of amides is 1. The van der Waals surface area contributed by atoms with Crippen molar-refractivity contribution in [2.75, 3.05) is 6.54 Å². The maximum Gasteiger partial charge on any atom is 0.234 e. The van der Waals surface area contributed by atoms with Gasteiger partial charge in [-0.15, -0.1) is 0 Å². The quantitative estimate of drug-likeness (QED) is 0.806. The molecule has 0 aliphatic heterocycles. The van der Waals surface area contributed by atoms with Crippen molar-refractivity contribution in [1.82, 2.24) is 10.6 Å². The molecular weight excluding hydrogens is 260 g/mol. The van der Waals surface area contributed by atoms with Crippen LogP contribution in [0.15, 0.2) is 24.3 Å². The molecule has 0 aliphatic carbocycles. The van der Waals surface area contributed by atoms with E-state index in [0.29, 0.717) is 17.6 Å². The molecule has 1 rings (SSSR count). The molecule has 1 aromatic carbocycles. The van der Waals surface area contributed by atoms with Crippen LogP contribution < -0.4 is 10.6 Å². The van der Waals surface area contributed by atoms with Gasteiger partial charge in [0, 0.05) is 11.1 Å². The van der Waals surface area contributed by atoms with Crippen molar-refractivity contribution in [3.05, 3.63) is 34.9 Å². The van der Waals surface area contributed by atoms with Crippen molar-refractivity contribution >= 4 is 17.5 Å². The molecule has 2 atom stereocenters. The van der Waals surface area contributed by atoms with E-state index in [1.165, 1.54) is 0 Å². The lowest BCUT2D eigenvalue weighted by molar-refractivity contribution is -0.121. The monoisotopic (exact) mass is 282 g/mol. The largest absolute Gasteiger partial charge is 0.348 e. The number of benzene rings is 1. The Labute approximate surface area is 120 Å². The highest BCUT2D eigenvalue weighted by Gasteiger charge is 2.13. The number of rotatable bonds is 7. The summed E-state index contributed by atoms with van der Waals surface area (Å²) in [7, 11) is 0. The Kier molecular flexibility index (Phi) is 6.89. The first-order chi connectivity index (χ1) is 9.06. The zero-order valence-corrected chi connectivity index (χ0v) is 12.6. The van der Waals surface area contributed by atoms with E-state index < -0.39 is 0 Å². The maximum absolute atomic E-state index is 11.9. The van der Waals surface area contributed by atoms with E-state index in [-0.39, 0.29) is 11.9 Å². The number of halogens is 1. The lowest BCUT2D eigenvalue weighted by Gasteiger charge is -2.19. The molecule has 0 bridgehead atoms. The molecule has 0 spiro atoms. The second kappa shape index (κ2) is 8.18. The molecule has 0 saturated carbocycles. The molecule has 2 unspecified atom stereocenters. The molecule has 2 N–H and O–H groups in total. The van der Waals surface area contributed by atoms with Crippen LogP contribution in [-0.2, 0) is 4.79 Å². The van der Waals surface area contributed by atoms with Gasteiger partial charge >= 0.3 is 0 Å². The molecule has 0 heterocycles. The third-order valence-corrected chi connectivity index (χ3v) is 3.45. The van der Waals surface area contributed by atoms with Crippen molar-refractivity contribution in [2.45, 2.75) is 45.7 Å². The number of carbonyl (C=O) groups excluding carboxylic acids is 1. The van der Waals surface area contributed by atoms with Gasteiger partial charge in [0.05, 0.1) is 12.6 Å². The number of hydrogen-bond acceptors (Lipinski definition) is 2. The number of carbonyl (C=O) groups is 1. The molecule has 0 fully saturated rings. The van der Waals surface area contributed by atoms with E-state index >= 15 is 0 Å². The maximum atomic E-state index is 11.9. The van der Waals surface area contributed by atoms with Crippen LogP contribution in [0.5, 0.6) is 0 Å². The smallest absolute Gasteiger partial charge is 0.234 e. The minimum absolute atomic E-state index is 0.0185. The Bertz CT molecular complexity index is 409. The van der Waals surface area contributed by atoms with Gasteiger partial charge in [0.1, 0.15) is 0 Å². The van der Waals surface area contributed by atoms with Gasteiger partial charge in [0.2, 0.25) is 5.91 Å². The molecule has 1 amide bonds. The second-order valence-corrected chi connectivity index (χ2v) is 5.21. The Morgan fingerprint density at radius 3 is 2.63 bits per heavy atom. The van der Waals surface area contributed by atoms with Gasteiger partial charge in [-0.2, -0.15) is 0 Å². The standard InChI is InChI=1S/C15H23ClN2O/c1-4-11(3)17-10-15(19)18-14(5-2)12-7-6-8-13(16)9-12/h6-9,11,14,17H,4-5,10H2,1-3H3,(H,18,19). The van der Waals surface area contributed by atoms with Crippen LogP contribution in [-0.4, -0.2) is 18.5 Å². The molecule has 0 saturated heterocycles. The summed E-state index contributed by atoms with van der Waals surface area (Å²) in [6.45, 7) is 6.57. The van der Waals surface area contributed by atoms with Crippen molar-refractivity contribution in [3.63, 3.8) is 0 Å². The third kappa shape index (κ3) is 5.62. The van der Waals surface area contributed by atoms with Gasteiger partial charge in [-0.05, 0) is 37.5 Å². The first-order valence-electron chi connectivity index (χ1n) is 6.85. The summed E-state index contributed by atoms with van der Waals surface area (Å²) in [5, 5.41) is 6.91. The van der Waals surface area contributed by atoms with Gasteiger partial charge in [0.15, 0.2) is 0 Å². The van der Waals surface area contributed by atoms with E-state index in [9.17, 15) is 4.79 Å².